The number of hydrogen-bond donors (Lipinski definition) is 1. The van der Waals surface area contributed by atoms with Gasteiger partial charge in [-0.25, -0.2) is 4.79 Å². The van der Waals surface area contributed by atoms with E-state index in [4.69, 9.17) is 5.11 Å². The first kappa shape index (κ1) is 9.88. The highest BCUT2D eigenvalue weighted by Crippen LogP contribution is 2.64. The third-order valence-corrected chi connectivity index (χ3v) is 4.57. The first-order valence-electron chi connectivity index (χ1n) is 5.92. The minimum atomic E-state index is -0.840. The van der Waals surface area contributed by atoms with Gasteiger partial charge in [0.05, 0.1) is 0 Å². The molecule has 0 aliphatic heterocycles. The van der Waals surface area contributed by atoms with Crippen molar-refractivity contribution < 1.29 is 9.90 Å². The largest absolute Gasteiger partial charge is 0.478 e. The Kier molecular flexibility index (Phi) is 1.91. The third-order valence-electron chi connectivity index (χ3n) is 4.57. The number of fused-ring (bicyclic) bond motifs is 5. The van der Waals surface area contributed by atoms with E-state index in [2.05, 4.69) is 24.8 Å². The molecule has 2 bridgehead atoms. The molecule has 2 nitrogen and oxygen atoms in total. The highest BCUT2D eigenvalue weighted by atomic mass is 16.4. The van der Waals surface area contributed by atoms with Crippen LogP contribution >= 0.6 is 0 Å². The fourth-order valence-corrected chi connectivity index (χ4v) is 3.92. The highest BCUT2D eigenvalue weighted by Gasteiger charge is 2.54. The Morgan fingerprint density at radius 1 is 1.62 bits per heavy atom. The molecule has 16 heavy (non-hydrogen) atoms. The van der Waals surface area contributed by atoms with Gasteiger partial charge in [-0.15, -0.1) is 0 Å². The molecule has 84 valence electrons. The first-order valence-corrected chi connectivity index (χ1v) is 5.92. The van der Waals surface area contributed by atoms with Crippen LogP contribution in [0.4, 0.5) is 0 Å². The molecular weight excluding hydrogens is 200 g/mol. The number of carboxylic acids is 1. The van der Waals surface area contributed by atoms with Gasteiger partial charge in [0, 0.05) is 11.5 Å². The minimum Gasteiger partial charge on any atom is -0.478 e. The maximum absolute atomic E-state index is 10.9. The van der Waals surface area contributed by atoms with Crippen molar-refractivity contribution in [2.75, 3.05) is 0 Å². The topological polar surface area (TPSA) is 37.3 Å². The molecule has 2 saturated carbocycles. The summed E-state index contributed by atoms with van der Waals surface area (Å²) in [7, 11) is 0. The molecule has 1 N–H and O–H groups in total. The van der Waals surface area contributed by atoms with Gasteiger partial charge in [0.1, 0.15) is 0 Å². The summed E-state index contributed by atoms with van der Waals surface area (Å²) in [5.41, 5.74) is 1.98. The molecule has 2 heteroatoms. The zero-order valence-corrected chi connectivity index (χ0v) is 9.28. The van der Waals surface area contributed by atoms with E-state index in [1.807, 2.05) is 0 Å². The lowest BCUT2D eigenvalue weighted by Crippen LogP contribution is -2.22. The lowest BCUT2D eigenvalue weighted by Gasteiger charge is -2.31. The van der Waals surface area contributed by atoms with Gasteiger partial charge < -0.3 is 5.11 Å². The summed E-state index contributed by atoms with van der Waals surface area (Å²) in [4.78, 5) is 10.9. The molecule has 0 saturated heterocycles. The third kappa shape index (κ3) is 1.16. The van der Waals surface area contributed by atoms with Crippen LogP contribution in [0.1, 0.15) is 25.7 Å². The number of hydrogen-bond acceptors (Lipinski definition) is 1. The van der Waals surface area contributed by atoms with E-state index >= 15 is 0 Å². The van der Waals surface area contributed by atoms with Crippen LogP contribution in [0.15, 0.2) is 36.0 Å². The summed E-state index contributed by atoms with van der Waals surface area (Å²) in [6, 6.07) is 0. The van der Waals surface area contributed by atoms with Crippen LogP contribution in [0, 0.1) is 17.3 Å². The van der Waals surface area contributed by atoms with E-state index in [1.165, 1.54) is 18.4 Å². The first-order chi connectivity index (χ1) is 7.62. The molecule has 3 aliphatic carbocycles. The normalized spacial score (nSPS) is 38.6. The predicted molar refractivity (Wildman–Crippen MR) is 61.9 cm³/mol. The Morgan fingerprint density at radius 3 is 3.19 bits per heavy atom. The summed E-state index contributed by atoms with van der Waals surface area (Å²) in [6.45, 7) is 3.70. The molecule has 0 aromatic heterocycles. The number of aliphatic carboxylic acids is 1. The standard InChI is InChI=1S/C14H16O2/c1-9(13(15)16)7-14-6-5-10(8-14)11-3-2-4-12(11)14/h2-4,10-11H,1,5-8H2,(H,15,16). The van der Waals surface area contributed by atoms with Gasteiger partial charge in [-0.3, -0.25) is 0 Å². The molecule has 0 spiro atoms. The van der Waals surface area contributed by atoms with Crippen molar-refractivity contribution in [3.8, 4) is 0 Å². The van der Waals surface area contributed by atoms with Gasteiger partial charge in [0.2, 0.25) is 0 Å². The number of rotatable bonds is 3. The smallest absolute Gasteiger partial charge is 0.330 e. The quantitative estimate of drug-likeness (QED) is 0.736. The average Bonchev–Trinajstić information content (AvgIpc) is 2.87. The van der Waals surface area contributed by atoms with Crippen LogP contribution in [0.2, 0.25) is 0 Å². The lowest BCUT2D eigenvalue weighted by atomic mass is 9.73. The molecule has 3 atom stereocenters. The van der Waals surface area contributed by atoms with Gasteiger partial charge >= 0.3 is 5.97 Å². The van der Waals surface area contributed by atoms with Crippen molar-refractivity contribution in [3.63, 3.8) is 0 Å². The summed E-state index contributed by atoms with van der Waals surface area (Å²) in [5, 5.41) is 8.97. The fraction of sp³-hybridized carbons (Fsp3) is 0.500. The molecule has 3 aliphatic rings. The molecular formula is C14H16O2. The Morgan fingerprint density at radius 2 is 2.44 bits per heavy atom. The van der Waals surface area contributed by atoms with Crippen molar-refractivity contribution in [2.24, 2.45) is 17.3 Å². The fourth-order valence-electron chi connectivity index (χ4n) is 3.92. The van der Waals surface area contributed by atoms with Crippen LogP contribution in [0.25, 0.3) is 0 Å². The molecule has 0 heterocycles. The second kappa shape index (κ2) is 3.09. The average molecular weight is 216 g/mol. The monoisotopic (exact) mass is 216 g/mol. The van der Waals surface area contributed by atoms with Crippen LogP contribution in [-0.4, -0.2) is 11.1 Å². The maximum Gasteiger partial charge on any atom is 0.330 e. The van der Waals surface area contributed by atoms with Gasteiger partial charge in [-0.1, -0.05) is 30.4 Å². The van der Waals surface area contributed by atoms with Crippen LogP contribution in [0.3, 0.4) is 0 Å². The molecule has 3 unspecified atom stereocenters. The molecule has 2 fully saturated rings. The molecule has 0 aromatic carbocycles. The van der Waals surface area contributed by atoms with E-state index in [0.29, 0.717) is 17.9 Å². The zero-order valence-electron chi connectivity index (χ0n) is 9.28. The number of carbonyl (C=O) groups is 1. The second-order valence-electron chi connectivity index (χ2n) is 5.40. The Balaban J connectivity index is 1.89. The van der Waals surface area contributed by atoms with E-state index in [-0.39, 0.29) is 5.41 Å². The molecule has 3 rings (SSSR count). The number of carboxylic acid groups (broad SMARTS) is 1. The summed E-state index contributed by atoms with van der Waals surface area (Å²) in [6.07, 6.45) is 10.8. The van der Waals surface area contributed by atoms with Crippen molar-refractivity contribution in [3.05, 3.63) is 36.0 Å². The van der Waals surface area contributed by atoms with Crippen molar-refractivity contribution >= 4 is 5.97 Å². The maximum atomic E-state index is 10.9. The second-order valence-corrected chi connectivity index (χ2v) is 5.40. The van der Waals surface area contributed by atoms with Crippen LogP contribution in [-0.2, 0) is 4.79 Å². The highest BCUT2D eigenvalue weighted by molar-refractivity contribution is 5.86. The summed E-state index contributed by atoms with van der Waals surface area (Å²) in [5.74, 6) is 0.523. The van der Waals surface area contributed by atoms with Gasteiger partial charge in [-0.05, 0) is 37.0 Å². The molecule has 0 aromatic rings. The zero-order chi connectivity index (χ0) is 11.3. The Hall–Kier alpha value is -1.31. The summed E-state index contributed by atoms with van der Waals surface area (Å²) < 4.78 is 0. The van der Waals surface area contributed by atoms with E-state index < -0.39 is 5.97 Å². The minimum absolute atomic E-state index is 0.133. The lowest BCUT2D eigenvalue weighted by molar-refractivity contribution is -0.133. The summed E-state index contributed by atoms with van der Waals surface area (Å²) >= 11 is 0. The Bertz CT molecular complexity index is 430. The van der Waals surface area contributed by atoms with E-state index in [1.54, 1.807) is 0 Å². The molecule has 0 radical (unpaired) electrons. The van der Waals surface area contributed by atoms with Crippen molar-refractivity contribution in [2.45, 2.75) is 25.7 Å². The predicted octanol–water partition coefficient (Wildman–Crippen LogP) is 2.93. The van der Waals surface area contributed by atoms with Crippen LogP contribution < -0.4 is 0 Å². The Labute approximate surface area is 95.4 Å². The van der Waals surface area contributed by atoms with Gasteiger partial charge in [0.15, 0.2) is 0 Å². The number of allylic oxidation sites excluding steroid dienone is 4. The van der Waals surface area contributed by atoms with Gasteiger partial charge in [0.25, 0.3) is 0 Å². The van der Waals surface area contributed by atoms with E-state index in [9.17, 15) is 4.79 Å². The van der Waals surface area contributed by atoms with Crippen molar-refractivity contribution in [1.82, 2.24) is 0 Å². The molecule has 0 amide bonds. The van der Waals surface area contributed by atoms with Crippen molar-refractivity contribution in [1.29, 1.82) is 0 Å². The van der Waals surface area contributed by atoms with Gasteiger partial charge in [-0.2, -0.15) is 0 Å². The van der Waals surface area contributed by atoms with E-state index in [0.717, 1.165) is 12.3 Å². The SMILES string of the molecule is C=C(CC12CCC(C1)C1C=CC=C12)C(=O)O. The van der Waals surface area contributed by atoms with Crippen LogP contribution in [0.5, 0.6) is 0 Å².